The van der Waals surface area contributed by atoms with Crippen molar-refractivity contribution in [2.24, 2.45) is 4.99 Å². The summed E-state index contributed by atoms with van der Waals surface area (Å²) in [4.78, 5) is 32.7. The molecule has 7 nitrogen and oxygen atoms in total. The molecule has 2 heterocycles. The Bertz CT molecular complexity index is 1600. The van der Waals surface area contributed by atoms with Crippen molar-refractivity contribution < 1.29 is 19.0 Å². The Hall–Kier alpha value is -3.91. The molecule has 0 spiro atoms. The molecule has 0 saturated carbocycles. The zero-order chi connectivity index (χ0) is 28.8. The third kappa shape index (κ3) is 5.97. The van der Waals surface area contributed by atoms with Crippen molar-refractivity contribution in [3.05, 3.63) is 103 Å². The summed E-state index contributed by atoms with van der Waals surface area (Å²) >= 11 is 1.31. The van der Waals surface area contributed by atoms with Crippen LogP contribution in [0.25, 0.3) is 6.08 Å². The summed E-state index contributed by atoms with van der Waals surface area (Å²) in [6.45, 7) is 12.4. The molecule has 40 heavy (non-hydrogen) atoms. The van der Waals surface area contributed by atoms with E-state index < -0.39 is 12.0 Å². The molecule has 1 aromatic heterocycles. The van der Waals surface area contributed by atoms with E-state index in [2.05, 4.69) is 32.6 Å². The molecule has 0 saturated heterocycles. The second-order valence-electron chi connectivity index (χ2n) is 9.74. The van der Waals surface area contributed by atoms with Crippen LogP contribution in [0.15, 0.2) is 76.2 Å². The Morgan fingerprint density at radius 1 is 1.15 bits per heavy atom. The van der Waals surface area contributed by atoms with Gasteiger partial charge in [0.05, 0.1) is 35.6 Å². The van der Waals surface area contributed by atoms with Crippen LogP contribution in [-0.2, 0) is 9.53 Å². The number of benzene rings is 2. The minimum Gasteiger partial charge on any atom is -0.493 e. The van der Waals surface area contributed by atoms with Crippen molar-refractivity contribution in [3.63, 3.8) is 0 Å². The van der Waals surface area contributed by atoms with Gasteiger partial charge in [0.15, 0.2) is 16.3 Å². The lowest BCUT2D eigenvalue weighted by molar-refractivity contribution is -0.139. The lowest BCUT2D eigenvalue weighted by atomic mass is 9.92. The summed E-state index contributed by atoms with van der Waals surface area (Å²) in [6, 6.07) is 13.0. The van der Waals surface area contributed by atoms with Gasteiger partial charge in [-0.3, -0.25) is 9.36 Å². The number of thiazole rings is 1. The van der Waals surface area contributed by atoms with Gasteiger partial charge in [-0.15, -0.1) is 0 Å². The van der Waals surface area contributed by atoms with Gasteiger partial charge in [0.25, 0.3) is 5.56 Å². The Labute approximate surface area is 238 Å². The van der Waals surface area contributed by atoms with Crippen molar-refractivity contribution in [2.75, 3.05) is 20.3 Å². The monoisotopic (exact) mass is 560 g/mol. The highest BCUT2D eigenvalue weighted by Gasteiger charge is 2.34. The van der Waals surface area contributed by atoms with Gasteiger partial charge in [0, 0.05) is 0 Å². The van der Waals surface area contributed by atoms with Crippen molar-refractivity contribution in [2.45, 2.75) is 52.5 Å². The maximum absolute atomic E-state index is 14.0. The van der Waals surface area contributed by atoms with E-state index in [0.29, 0.717) is 51.0 Å². The quantitative estimate of drug-likeness (QED) is 0.236. The van der Waals surface area contributed by atoms with Gasteiger partial charge in [0.1, 0.15) is 6.61 Å². The molecule has 0 fully saturated rings. The van der Waals surface area contributed by atoms with E-state index >= 15 is 0 Å². The molecule has 2 aromatic carbocycles. The fourth-order valence-corrected chi connectivity index (χ4v) is 5.71. The van der Waals surface area contributed by atoms with E-state index in [0.717, 1.165) is 17.5 Å². The van der Waals surface area contributed by atoms with E-state index in [9.17, 15) is 9.59 Å². The van der Waals surface area contributed by atoms with Crippen LogP contribution in [0.1, 0.15) is 69.2 Å². The Morgan fingerprint density at radius 3 is 2.52 bits per heavy atom. The first kappa shape index (κ1) is 29.1. The fourth-order valence-electron chi connectivity index (χ4n) is 4.69. The zero-order valence-corrected chi connectivity index (χ0v) is 24.5. The van der Waals surface area contributed by atoms with Gasteiger partial charge in [-0.25, -0.2) is 9.79 Å². The molecular formula is C32H36N2O5S. The molecule has 210 valence electrons. The zero-order valence-electron chi connectivity index (χ0n) is 23.7. The molecule has 0 unspecified atom stereocenters. The summed E-state index contributed by atoms with van der Waals surface area (Å²) in [5.74, 6) is 1.06. The lowest BCUT2D eigenvalue weighted by Gasteiger charge is -2.26. The third-order valence-corrected chi connectivity index (χ3v) is 7.64. The smallest absolute Gasteiger partial charge is 0.338 e. The average molecular weight is 561 g/mol. The lowest BCUT2D eigenvalue weighted by Crippen LogP contribution is -2.40. The van der Waals surface area contributed by atoms with Crippen LogP contribution in [0.4, 0.5) is 0 Å². The van der Waals surface area contributed by atoms with Gasteiger partial charge in [-0.2, -0.15) is 0 Å². The van der Waals surface area contributed by atoms with Crippen LogP contribution in [0.5, 0.6) is 11.5 Å². The van der Waals surface area contributed by atoms with Gasteiger partial charge in [-0.05, 0) is 54.2 Å². The first-order valence-corrected chi connectivity index (χ1v) is 14.4. The number of nitrogens with zero attached hydrogens (tertiary/aromatic N) is 2. The molecule has 1 aliphatic heterocycles. The molecule has 1 atom stereocenters. The highest BCUT2D eigenvalue weighted by Crippen LogP contribution is 2.33. The maximum atomic E-state index is 14.0. The molecule has 3 aromatic rings. The number of allylic oxidation sites excluding steroid dienone is 1. The van der Waals surface area contributed by atoms with Gasteiger partial charge in [0.2, 0.25) is 0 Å². The van der Waals surface area contributed by atoms with Crippen LogP contribution in [0.2, 0.25) is 0 Å². The van der Waals surface area contributed by atoms with Crippen molar-refractivity contribution in [1.29, 1.82) is 0 Å². The number of hydrogen-bond donors (Lipinski definition) is 0. The van der Waals surface area contributed by atoms with Crippen molar-refractivity contribution >= 4 is 23.4 Å². The van der Waals surface area contributed by atoms with Gasteiger partial charge < -0.3 is 14.2 Å². The van der Waals surface area contributed by atoms with Crippen LogP contribution in [-0.4, -0.2) is 30.9 Å². The van der Waals surface area contributed by atoms with Crippen LogP contribution in [0.3, 0.4) is 0 Å². The highest BCUT2D eigenvalue weighted by atomic mass is 32.1. The maximum Gasteiger partial charge on any atom is 0.338 e. The van der Waals surface area contributed by atoms with Gasteiger partial charge >= 0.3 is 5.97 Å². The fraction of sp³-hybridized carbons (Fsp3) is 0.344. The topological polar surface area (TPSA) is 79.1 Å². The summed E-state index contributed by atoms with van der Waals surface area (Å²) < 4.78 is 18.8. The van der Waals surface area contributed by atoms with Crippen LogP contribution >= 0.6 is 11.3 Å². The number of methoxy groups -OCH3 is 1. The summed E-state index contributed by atoms with van der Waals surface area (Å²) in [5, 5.41) is 0. The van der Waals surface area contributed by atoms with E-state index in [-0.39, 0.29) is 12.2 Å². The standard InChI is InChI=1S/C32H36N2O5S/c1-7-10-24-28(31(36)38-9-3)29(23-14-12-22(13-15-23)20(4)5)34-30(35)27(40-32(34)33-24)19-21-11-16-25(39-17-8-2)26(18-21)37-6/h8,11-16,18-20,29H,2,7,9-10,17H2,1,3-6H3/b27-19-/t29-/m1/s1. The second kappa shape index (κ2) is 13.0. The summed E-state index contributed by atoms with van der Waals surface area (Å²) in [6.07, 6.45) is 4.88. The summed E-state index contributed by atoms with van der Waals surface area (Å²) in [5.41, 5.74) is 3.67. The number of esters is 1. The molecule has 0 bridgehead atoms. The van der Waals surface area contributed by atoms with Gasteiger partial charge in [-0.1, -0.05) is 81.5 Å². The minimum atomic E-state index is -0.635. The Balaban J connectivity index is 1.91. The number of ether oxygens (including phenoxy) is 3. The number of hydrogen-bond acceptors (Lipinski definition) is 7. The third-order valence-electron chi connectivity index (χ3n) is 6.65. The Morgan fingerprint density at radius 2 is 1.90 bits per heavy atom. The van der Waals surface area contributed by atoms with Crippen LogP contribution < -0.4 is 24.4 Å². The number of carbonyl (C=O) groups is 1. The van der Waals surface area contributed by atoms with Crippen molar-refractivity contribution in [1.82, 2.24) is 4.57 Å². The molecule has 0 radical (unpaired) electrons. The number of fused-ring (bicyclic) bond motifs is 1. The summed E-state index contributed by atoms with van der Waals surface area (Å²) in [7, 11) is 1.57. The minimum absolute atomic E-state index is 0.218. The number of rotatable bonds is 11. The number of carbonyl (C=O) groups excluding carboxylic acids is 1. The van der Waals surface area contributed by atoms with Crippen LogP contribution in [0, 0.1) is 0 Å². The number of aromatic nitrogens is 1. The molecule has 0 N–H and O–H groups in total. The first-order valence-electron chi connectivity index (χ1n) is 13.6. The van der Waals surface area contributed by atoms with E-state index in [1.54, 1.807) is 24.7 Å². The predicted octanol–water partition coefficient (Wildman–Crippen LogP) is 5.28. The highest BCUT2D eigenvalue weighted by molar-refractivity contribution is 7.07. The molecule has 0 aliphatic carbocycles. The second-order valence-corrected chi connectivity index (χ2v) is 10.8. The normalized spacial score (nSPS) is 15.1. The molecule has 0 amide bonds. The molecular weight excluding hydrogens is 524 g/mol. The SMILES string of the molecule is C=CCOc1ccc(/C=c2\sc3n(c2=O)[C@H](c2ccc(C(C)C)cc2)C(C(=O)OCC)=C(CCC)N=3)cc1OC. The largest absolute Gasteiger partial charge is 0.493 e. The average Bonchev–Trinajstić information content (AvgIpc) is 3.25. The van der Waals surface area contributed by atoms with E-state index in [1.165, 1.54) is 16.9 Å². The molecule has 1 aliphatic rings. The van der Waals surface area contributed by atoms with E-state index in [4.69, 9.17) is 19.2 Å². The Kier molecular flexibility index (Phi) is 9.42. The first-order chi connectivity index (χ1) is 19.3. The molecule has 4 rings (SSSR count). The van der Waals surface area contributed by atoms with E-state index in [1.807, 2.05) is 43.3 Å². The van der Waals surface area contributed by atoms with Crippen molar-refractivity contribution in [3.8, 4) is 11.5 Å². The predicted molar refractivity (Wildman–Crippen MR) is 159 cm³/mol. The molecule has 8 heteroatoms.